The van der Waals surface area contributed by atoms with Crippen LogP contribution >= 0.6 is 0 Å². The van der Waals surface area contributed by atoms with Crippen LogP contribution in [0.25, 0.3) is 10.9 Å². The van der Waals surface area contributed by atoms with E-state index in [1.807, 2.05) is 42.1 Å². The maximum atomic E-state index is 12.3. The molecule has 1 unspecified atom stereocenters. The third-order valence-corrected chi connectivity index (χ3v) is 4.43. The normalized spacial score (nSPS) is 18.0. The van der Waals surface area contributed by atoms with E-state index in [4.69, 9.17) is 4.74 Å². The Morgan fingerprint density at radius 2 is 2.27 bits per heavy atom. The smallest absolute Gasteiger partial charge is 0.251 e. The number of aryl methyl sites for hydroxylation is 1. The number of nitrogens with one attached hydrogen (secondary N) is 1. The first kappa shape index (κ1) is 15.1. The van der Waals surface area contributed by atoms with Crippen LogP contribution in [0.1, 0.15) is 42.5 Å². The minimum Gasteiger partial charge on any atom is -0.378 e. The summed E-state index contributed by atoms with van der Waals surface area (Å²) in [5, 5.41) is 4.05. The Balaban J connectivity index is 1.48. The van der Waals surface area contributed by atoms with Crippen molar-refractivity contribution < 1.29 is 9.53 Å². The molecule has 22 heavy (non-hydrogen) atoms. The molecule has 0 saturated carbocycles. The Morgan fingerprint density at radius 3 is 3.09 bits per heavy atom. The lowest BCUT2D eigenvalue weighted by molar-refractivity contribution is 0.0948. The van der Waals surface area contributed by atoms with Gasteiger partial charge in [0.05, 0.1) is 6.10 Å². The van der Waals surface area contributed by atoms with Crippen LogP contribution < -0.4 is 5.32 Å². The summed E-state index contributed by atoms with van der Waals surface area (Å²) >= 11 is 0. The van der Waals surface area contributed by atoms with Gasteiger partial charge >= 0.3 is 0 Å². The van der Waals surface area contributed by atoms with Gasteiger partial charge in [-0.15, -0.1) is 0 Å². The van der Waals surface area contributed by atoms with Gasteiger partial charge in [-0.25, -0.2) is 0 Å². The molecule has 118 valence electrons. The molecular weight excluding hydrogens is 276 g/mol. The molecule has 0 aliphatic carbocycles. The van der Waals surface area contributed by atoms with Crippen LogP contribution in [-0.2, 0) is 11.8 Å². The Hall–Kier alpha value is -1.81. The van der Waals surface area contributed by atoms with Gasteiger partial charge in [-0.1, -0.05) is 6.07 Å². The van der Waals surface area contributed by atoms with Crippen molar-refractivity contribution in [3.8, 4) is 0 Å². The van der Waals surface area contributed by atoms with Crippen molar-refractivity contribution in [3.63, 3.8) is 0 Å². The molecule has 1 saturated heterocycles. The molecule has 0 spiro atoms. The molecule has 0 radical (unpaired) electrons. The highest BCUT2D eigenvalue weighted by molar-refractivity contribution is 6.06. The van der Waals surface area contributed by atoms with Gasteiger partial charge < -0.3 is 14.6 Å². The Labute approximate surface area is 131 Å². The maximum Gasteiger partial charge on any atom is 0.251 e. The zero-order valence-corrected chi connectivity index (χ0v) is 13.2. The first-order valence-electron chi connectivity index (χ1n) is 8.19. The minimum absolute atomic E-state index is 0.0221. The molecule has 1 N–H and O–H groups in total. The molecule has 4 nitrogen and oxygen atoms in total. The van der Waals surface area contributed by atoms with Crippen molar-refractivity contribution >= 4 is 16.8 Å². The van der Waals surface area contributed by atoms with Crippen LogP contribution in [0, 0.1) is 0 Å². The summed E-state index contributed by atoms with van der Waals surface area (Å²) in [6.45, 7) is 1.65. The number of hydrogen-bond donors (Lipinski definition) is 1. The lowest BCUT2D eigenvalue weighted by Crippen LogP contribution is -2.24. The molecule has 0 bridgehead atoms. The van der Waals surface area contributed by atoms with E-state index >= 15 is 0 Å². The molecule has 1 aliphatic rings. The number of nitrogens with zero attached hydrogens (tertiary/aromatic N) is 1. The Bertz CT molecular complexity index is 642. The minimum atomic E-state index is 0.0221. The zero-order valence-electron chi connectivity index (χ0n) is 13.2. The fraction of sp³-hybridized carbons (Fsp3) is 0.500. The molecular formula is C18H24N2O2. The van der Waals surface area contributed by atoms with Gasteiger partial charge in [0.2, 0.25) is 0 Å². The predicted molar refractivity (Wildman–Crippen MR) is 88.1 cm³/mol. The van der Waals surface area contributed by atoms with Gasteiger partial charge in [0.1, 0.15) is 0 Å². The summed E-state index contributed by atoms with van der Waals surface area (Å²) in [6, 6.07) is 7.87. The van der Waals surface area contributed by atoms with E-state index in [-0.39, 0.29) is 5.91 Å². The number of carbonyl (C=O) groups is 1. The highest BCUT2D eigenvalue weighted by atomic mass is 16.5. The lowest BCUT2D eigenvalue weighted by Gasteiger charge is -2.09. The summed E-state index contributed by atoms with van der Waals surface area (Å²) in [4.78, 5) is 12.3. The lowest BCUT2D eigenvalue weighted by atomic mass is 10.1. The van der Waals surface area contributed by atoms with Gasteiger partial charge in [0, 0.05) is 42.9 Å². The average Bonchev–Trinajstić information content (AvgIpc) is 3.17. The number of unbranched alkanes of at least 4 members (excludes halogenated alkanes) is 1. The summed E-state index contributed by atoms with van der Waals surface area (Å²) in [5.41, 5.74) is 1.85. The molecule has 1 fully saturated rings. The largest absolute Gasteiger partial charge is 0.378 e. The van der Waals surface area contributed by atoms with E-state index in [1.54, 1.807) is 0 Å². The SMILES string of the molecule is Cn1ccc2c(C(=O)NCCCCC3CCCO3)cccc21. The van der Waals surface area contributed by atoms with Crippen molar-refractivity contribution in [2.75, 3.05) is 13.2 Å². The summed E-state index contributed by atoms with van der Waals surface area (Å²) < 4.78 is 7.65. The highest BCUT2D eigenvalue weighted by Crippen LogP contribution is 2.20. The van der Waals surface area contributed by atoms with E-state index in [0.29, 0.717) is 6.10 Å². The molecule has 1 atom stereocenters. The third-order valence-electron chi connectivity index (χ3n) is 4.43. The van der Waals surface area contributed by atoms with Crippen LogP contribution in [0.4, 0.5) is 0 Å². The van der Waals surface area contributed by atoms with Gasteiger partial charge in [0.25, 0.3) is 5.91 Å². The molecule has 1 aliphatic heterocycles. The Kier molecular flexibility index (Phi) is 4.78. The maximum absolute atomic E-state index is 12.3. The predicted octanol–water partition coefficient (Wildman–Crippen LogP) is 3.26. The molecule has 2 aromatic rings. The molecule has 4 heteroatoms. The Morgan fingerprint density at radius 1 is 1.36 bits per heavy atom. The van der Waals surface area contributed by atoms with E-state index in [0.717, 1.165) is 48.9 Å². The van der Waals surface area contributed by atoms with Crippen LogP contribution in [0.3, 0.4) is 0 Å². The first-order valence-corrected chi connectivity index (χ1v) is 8.19. The van der Waals surface area contributed by atoms with Gasteiger partial charge in [0.15, 0.2) is 0 Å². The van der Waals surface area contributed by atoms with Gasteiger partial charge in [-0.05, 0) is 50.3 Å². The summed E-state index contributed by atoms with van der Waals surface area (Å²) in [7, 11) is 2.00. The number of hydrogen-bond acceptors (Lipinski definition) is 2. The van der Waals surface area contributed by atoms with Crippen LogP contribution in [0.15, 0.2) is 30.5 Å². The molecule has 3 rings (SSSR count). The van der Waals surface area contributed by atoms with Crippen molar-refractivity contribution in [3.05, 3.63) is 36.0 Å². The van der Waals surface area contributed by atoms with Crippen LogP contribution in [0.5, 0.6) is 0 Å². The van der Waals surface area contributed by atoms with Crippen molar-refractivity contribution in [1.29, 1.82) is 0 Å². The third kappa shape index (κ3) is 3.33. The number of fused-ring (bicyclic) bond motifs is 1. The fourth-order valence-corrected chi connectivity index (χ4v) is 3.17. The molecule has 1 amide bonds. The molecule has 2 heterocycles. The van der Waals surface area contributed by atoms with Crippen molar-refractivity contribution in [2.24, 2.45) is 7.05 Å². The highest BCUT2D eigenvalue weighted by Gasteiger charge is 2.15. The van der Waals surface area contributed by atoms with Gasteiger partial charge in [-0.2, -0.15) is 0 Å². The standard InChI is InChI=1S/C18H24N2O2/c1-20-12-10-15-16(8-4-9-17(15)20)18(21)19-11-3-2-6-14-7-5-13-22-14/h4,8-10,12,14H,2-3,5-7,11,13H2,1H3,(H,19,21). The molecule has 1 aromatic heterocycles. The quantitative estimate of drug-likeness (QED) is 0.832. The van der Waals surface area contributed by atoms with E-state index < -0.39 is 0 Å². The van der Waals surface area contributed by atoms with Crippen LogP contribution in [-0.4, -0.2) is 29.7 Å². The van der Waals surface area contributed by atoms with E-state index in [9.17, 15) is 4.79 Å². The zero-order chi connectivity index (χ0) is 15.4. The van der Waals surface area contributed by atoms with E-state index in [1.165, 1.54) is 12.8 Å². The number of rotatable bonds is 6. The number of carbonyl (C=O) groups excluding carboxylic acids is 1. The number of ether oxygens (including phenoxy) is 1. The number of aromatic nitrogens is 1. The van der Waals surface area contributed by atoms with Gasteiger partial charge in [-0.3, -0.25) is 4.79 Å². The average molecular weight is 300 g/mol. The second-order valence-electron chi connectivity index (χ2n) is 6.05. The number of benzene rings is 1. The second kappa shape index (κ2) is 6.97. The number of amides is 1. The van der Waals surface area contributed by atoms with Crippen molar-refractivity contribution in [2.45, 2.75) is 38.2 Å². The topological polar surface area (TPSA) is 43.3 Å². The van der Waals surface area contributed by atoms with E-state index in [2.05, 4.69) is 5.32 Å². The van der Waals surface area contributed by atoms with Crippen LogP contribution in [0.2, 0.25) is 0 Å². The second-order valence-corrected chi connectivity index (χ2v) is 6.05. The molecule has 1 aromatic carbocycles. The summed E-state index contributed by atoms with van der Waals surface area (Å²) in [5.74, 6) is 0.0221. The van der Waals surface area contributed by atoms with Crippen molar-refractivity contribution in [1.82, 2.24) is 9.88 Å². The first-order chi connectivity index (χ1) is 10.8. The summed E-state index contributed by atoms with van der Waals surface area (Å²) in [6.07, 6.45) is 8.07. The monoisotopic (exact) mass is 300 g/mol. The fourth-order valence-electron chi connectivity index (χ4n) is 3.17.